The Morgan fingerprint density at radius 1 is 1.53 bits per heavy atom. The van der Waals surface area contributed by atoms with Crippen molar-refractivity contribution < 1.29 is 14.0 Å². The van der Waals surface area contributed by atoms with E-state index in [9.17, 15) is 9.59 Å². The van der Waals surface area contributed by atoms with Crippen LogP contribution < -0.4 is 5.73 Å². The van der Waals surface area contributed by atoms with Gasteiger partial charge in [-0.25, -0.2) is 0 Å². The molecule has 2 rings (SSSR count). The van der Waals surface area contributed by atoms with Crippen molar-refractivity contribution in [2.24, 2.45) is 5.73 Å². The Hall–Kier alpha value is -1.78. The third-order valence-corrected chi connectivity index (χ3v) is 2.64. The van der Waals surface area contributed by atoms with Crippen LogP contribution in [-0.2, 0) is 6.42 Å². The van der Waals surface area contributed by atoms with Crippen LogP contribution in [0.25, 0.3) is 0 Å². The number of fused-ring (bicyclic) bond motifs is 1. The maximum absolute atomic E-state index is 11.8. The number of nitrogens with zero attached hydrogens (tertiary/aromatic N) is 1. The van der Waals surface area contributed by atoms with Gasteiger partial charge < -0.3 is 15.1 Å². The topological polar surface area (TPSA) is 76.5 Å². The van der Waals surface area contributed by atoms with E-state index in [1.807, 2.05) is 0 Å². The molecule has 2 heterocycles. The van der Waals surface area contributed by atoms with Gasteiger partial charge in [-0.05, 0) is 6.92 Å². The molecule has 0 atom stereocenters. The summed E-state index contributed by atoms with van der Waals surface area (Å²) in [5.41, 5.74) is 5.79. The predicted molar refractivity (Wildman–Crippen MR) is 52.6 cm³/mol. The second kappa shape index (κ2) is 3.12. The number of carbonyl (C=O) groups is 2. The van der Waals surface area contributed by atoms with Crippen molar-refractivity contribution >= 4 is 11.8 Å². The minimum Gasteiger partial charge on any atom is -0.465 e. The monoisotopic (exact) mass is 208 g/mol. The van der Waals surface area contributed by atoms with E-state index in [1.165, 1.54) is 0 Å². The van der Waals surface area contributed by atoms with Crippen LogP contribution in [0.4, 0.5) is 0 Å². The van der Waals surface area contributed by atoms with Gasteiger partial charge in [0.05, 0.1) is 11.1 Å². The zero-order chi connectivity index (χ0) is 11.2. The van der Waals surface area contributed by atoms with Crippen LogP contribution in [0, 0.1) is 6.92 Å². The van der Waals surface area contributed by atoms with Crippen LogP contribution in [0.2, 0.25) is 0 Å². The van der Waals surface area contributed by atoms with E-state index in [4.69, 9.17) is 10.2 Å². The first-order chi connectivity index (χ1) is 7.02. The summed E-state index contributed by atoms with van der Waals surface area (Å²) in [5.74, 6) is 0.198. The van der Waals surface area contributed by atoms with E-state index in [-0.39, 0.29) is 11.5 Å². The standard InChI is InChI=1S/C10H12N2O3/c1-5-7(9(11)13)8-6(15-5)3-4-12(2)10(8)14/h3-4H2,1-2H3,(H2,11,13). The van der Waals surface area contributed by atoms with Crippen LogP contribution >= 0.6 is 0 Å². The van der Waals surface area contributed by atoms with E-state index in [2.05, 4.69) is 0 Å². The summed E-state index contributed by atoms with van der Waals surface area (Å²) in [4.78, 5) is 24.6. The molecule has 80 valence electrons. The first-order valence-corrected chi connectivity index (χ1v) is 4.70. The molecular weight excluding hydrogens is 196 g/mol. The lowest BCUT2D eigenvalue weighted by Gasteiger charge is -2.21. The fraction of sp³-hybridized carbons (Fsp3) is 0.400. The lowest BCUT2D eigenvalue weighted by Crippen LogP contribution is -2.35. The van der Waals surface area contributed by atoms with Gasteiger partial charge in [-0.2, -0.15) is 0 Å². The molecule has 2 N–H and O–H groups in total. The van der Waals surface area contributed by atoms with Crippen LogP contribution in [0.1, 0.15) is 32.2 Å². The second-order valence-corrected chi connectivity index (χ2v) is 3.67. The third-order valence-electron chi connectivity index (χ3n) is 2.64. The summed E-state index contributed by atoms with van der Waals surface area (Å²) < 4.78 is 5.37. The highest BCUT2D eigenvalue weighted by atomic mass is 16.3. The first-order valence-electron chi connectivity index (χ1n) is 4.70. The number of amides is 2. The number of likely N-dealkylation sites (N-methyl/N-ethyl adjacent to an activating group) is 1. The molecule has 15 heavy (non-hydrogen) atoms. The number of aryl methyl sites for hydroxylation is 1. The molecule has 2 amide bonds. The van der Waals surface area contributed by atoms with Gasteiger partial charge in [0.2, 0.25) is 0 Å². The van der Waals surface area contributed by atoms with E-state index >= 15 is 0 Å². The summed E-state index contributed by atoms with van der Waals surface area (Å²) >= 11 is 0. The van der Waals surface area contributed by atoms with Gasteiger partial charge in [0.1, 0.15) is 11.5 Å². The van der Waals surface area contributed by atoms with Gasteiger partial charge in [-0.1, -0.05) is 0 Å². The fourth-order valence-electron chi connectivity index (χ4n) is 1.86. The molecule has 1 aliphatic heterocycles. The summed E-state index contributed by atoms with van der Waals surface area (Å²) in [6.45, 7) is 2.25. The molecule has 0 saturated carbocycles. The van der Waals surface area contributed by atoms with Crippen LogP contribution in [0.3, 0.4) is 0 Å². The minimum absolute atomic E-state index is 0.193. The lowest BCUT2D eigenvalue weighted by atomic mass is 10.0. The normalized spacial score (nSPS) is 15.3. The highest BCUT2D eigenvalue weighted by Gasteiger charge is 2.31. The van der Waals surface area contributed by atoms with E-state index < -0.39 is 5.91 Å². The quantitative estimate of drug-likeness (QED) is 0.721. The number of rotatable bonds is 1. The average molecular weight is 208 g/mol. The molecule has 5 nitrogen and oxygen atoms in total. The Labute approximate surface area is 86.8 Å². The SMILES string of the molecule is Cc1oc2c(c1C(N)=O)C(=O)N(C)CC2. The van der Waals surface area contributed by atoms with Crippen molar-refractivity contribution in [3.05, 3.63) is 22.6 Å². The number of nitrogens with two attached hydrogens (primary N) is 1. The Morgan fingerprint density at radius 2 is 2.20 bits per heavy atom. The predicted octanol–water partition coefficient (Wildman–Crippen LogP) is 0.315. The first kappa shape index (κ1) is 9.76. The second-order valence-electron chi connectivity index (χ2n) is 3.67. The fourth-order valence-corrected chi connectivity index (χ4v) is 1.86. The summed E-state index contributed by atoms with van der Waals surface area (Å²) in [6.07, 6.45) is 0.631. The van der Waals surface area contributed by atoms with Gasteiger partial charge in [-0.3, -0.25) is 9.59 Å². The smallest absolute Gasteiger partial charge is 0.257 e. The zero-order valence-electron chi connectivity index (χ0n) is 8.66. The molecule has 0 fully saturated rings. The average Bonchev–Trinajstić information content (AvgIpc) is 2.49. The summed E-state index contributed by atoms with van der Waals surface area (Å²) in [5, 5.41) is 0. The van der Waals surface area contributed by atoms with Crippen LogP contribution in [-0.4, -0.2) is 30.3 Å². The van der Waals surface area contributed by atoms with E-state index in [0.29, 0.717) is 30.0 Å². The van der Waals surface area contributed by atoms with Crippen molar-refractivity contribution in [1.29, 1.82) is 0 Å². The molecule has 1 aromatic rings. The van der Waals surface area contributed by atoms with Gasteiger partial charge in [0, 0.05) is 20.0 Å². The Bertz CT molecular complexity index is 448. The summed E-state index contributed by atoms with van der Waals surface area (Å²) in [7, 11) is 1.69. The highest BCUT2D eigenvalue weighted by molar-refractivity contribution is 6.08. The Morgan fingerprint density at radius 3 is 2.80 bits per heavy atom. The van der Waals surface area contributed by atoms with Crippen molar-refractivity contribution in [2.75, 3.05) is 13.6 Å². The van der Waals surface area contributed by atoms with Crippen molar-refractivity contribution in [2.45, 2.75) is 13.3 Å². The van der Waals surface area contributed by atoms with E-state index in [0.717, 1.165) is 0 Å². The van der Waals surface area contributed by atoms with Gasteiger partial charge in [-0.15, -0.1) is 0 Å². The number of hydrogen-bond acceptors (Lipinski definition) is 3. The maximum Gasteiger partial charge on any atom is 0.257 e. The zero-order valence-corrected chi connectivity index (χ0v) is 8.66. The van der Waals surface area contributed by atoms with Crippen molar-refractivity contribution in [1.82, 2.24) is 4.90 Å². The van der Waals surface area contributed by atoms with Gasteiger partial charge in [0.25, 0.3) is 11.8 Å². The molecule has 0 unspecified atom stereocenters. The molecule has 1 aromatic heterocycles. The summed E-state index contributed by atoms with van der Waals surface area (Å²) in [6, 6.07) is 0. The maximum atomic E-state index is 11.8. The van der Waals surface area contributed by atoms with Gasteiger partial charge >= 0.3 is 0 Å². The lowest BCUT2D eigenvalue weighted by molar-refractivity contribution is 0.0770. The molecule has 0 saturated heterocycles. The minimum atomic E-state index is -0.610. The molecule has 0 radical (unpaired) electrons. The number of furan rings is 1. The third kappa shape index (κ3) is 1.31. The Kier molecular flexibility index (Phi) is 2.03. The van der Waals surface area contributed by atoms with Crippen molar-refractivity contribution in [3.8, 4) is 0 Å². The largest absolute Gasteiger partial charge is 0.465 e. The molecule has 0 aromatic carbocycles. The molecule has 1 aliphatic rings. The number of hydrogen-bond donors (Lipinski definition) is 1. The van der Waals surface area contributed by atoms with Gasteiger partial charge in [0.15, 0.2) is 0 Å². The number of primary amides is 1. The van der Waals surface area contributed by atoms with Crippen molar-refractivity contribution in [3.63, 3.8) is 0 Å². The molecular formula is C10H12N2O3. The highest BCUT2D eigenvalue weighted by Crippen LogP contribution is 2.26. The Balaban J connectivity index is 2.64. The molecule has 0 spiro atoms. The van der Waals surface area contributed by atoms with Crippen LogP contribution in [0.15, 0.2) is 4.42 Å². The molecule has 0 bridgehead atoms. The van der Waals surface area contributed by atoms with Crippen LogP contribution in [0.5, 0.6) is 0 Å². The van der Waals surface area contributed by atoms with E-state index in [1.54, 1.807) is 18.9 Å². The molecule has 5 heteroatoms. The molecule has 0 aliphatic carbocycles. The number of carbonyl (C=O) groups excluding carboxylic acids is 2.